The van der Waals surface area contributed by atoms with E-state index < -0.39 is 0 Å². The molecule has 0 saturated heterocycles. The van der Waals surface area contributed by atoms with Gasteiger partial charge in [0.1, 0.15) is 0 Å². The van der Waals surface area contributed by atoms with Gasteiger partial charge in [-0.05, 0) is 11.8 Å². The molecule has 0 fully saturated rings. The van der Waals surface area contributed by atoms with Gasteiger partial charge < -0.3 is 0 Å². The van der Waals surface area contributed by atoms with Crippen LogP contribution in [0.5, 0.6) is 0 Å². The SMILES string of the molecule is [CH2]CCCCCC(C)C(C[CH2])CC. The molecule has 0 nitrogen and oxygen atoms in total. The van der Waals surface area contributed by atoms with E-state index in [1.807, 2.05) is 0 Å². The minimum absolute atomic E-state index is 0.847. The lowest BCUT2D eigenvalue weighted by atomic mass is 9.85. The third kappa shape index (κ3) is 6.12. The van der Waals surface area contributed by atoms with Crippen molar-refractivity contribution in [1.82, 2.24) is 0 Å². The Bertz CT molecular complexity index is 92.2. The quantitative estimate of drug-likeness (QED) is 0.479. The molecule has 0 aromatic rings. The van der Waals surface area contributed by atoms with Gasteiger partial charge in [0.2, 0.25) is 0 Å². The predicted molar refractivity (Wildman–Crippen MR) is 61.4 cm³/mol. The van der Waals surface area contributed by atoms with Crippen LogP contribution >= 0.6 is 0 Å². The highest BCUT2D eigenvalue weighted by atomic mass is 14.2. The number of unbranched alkanes of at least 4 members (excludes halogenated alkanes) is 3. The Morgan fingerprint density at radius 3 is 2.23 bits per heavy atom. The van der Waals surface area contributed by atoms with E-state index in [2.05, 4.69) is 27.7 Å². The van der Waals surface area contributed by atoms with Crippen LogP contribution < -0.4 is 0 Å². The molecule has 0 aromatic heterocycles. The fourth-order valence-corrected chi connectivity index (χ4v) is 1.95. The lowest BCUT2D eigenvalue weighted by Crippen LogP contribution is -2.09. The van der Waals surface area contributed by atoms with Gasteiger partial charge in [-0.3, -0.25) is 0 Å². The van der Waals surface area contributed by atoms with Crippen LogP contribution in [0.15, 0.2) is 0 Å². The summed E-state index contributed by atoms with van der Waals surface area (Å²) in [4.78, 5) is 0. The first-order valence-electron chi connectivity index (χ1n) is 5.84. The molecule has 0 aromatic carbocycles. The summed E-state index contributed by atoms with van der Waals surface area (Å²) >= 11 is 0. The maximum atomic E-state index is 4.01. The molecule has 0 amide bonds. The van der Waals surface area contributed by atoms with Gasteiger partial charge in [-0.1, -0.05) is 72.6 Å². The summed E-state index contributed by atoms with van der Waals surface area (Å²) in [5.41, 5.74) is 0. The van der Waals surface area contributed by atoms with Gasteiger partial charge in [-0.2, -0.15) is 0 Å². The molecule has 0 aliphatic carbocycles. The molecule has 2 radical (unpaired) electrons. The van der Waals surface area contributed by atoms with Crippen molar-refractivity contribution in [3.8, 4) is 0 Å². The van der Waals surface area contributed by atoms with E-state index in [1.54, 1.807) is 0 Å². The molecule has 13 heavy (non-hydrogen) atoms. The van der Waals surface area contributed by atoms with Gasteiger partial charge in [0.05, 0.1) is 0 Å². The third-order valence-electron chi connectivity index (χ3n) is 3.11. The number of hydrogen-bond donors (Lipinski definition) is 0. The van der Waals surface area contributed by atoms with Crippen LogP contribution in [0.2, 0.25) is 0 Å². The van der Waals surface area contributed by atoms with Gasteiger partial charge in [0.25, 0.3) is 0 Å². The van der Waals surface area contributed by atoms with E-state index >= 15 is 0 Å². The lowest BCUT2D eigenvalue weighted by molar-refractivity contribution is 0.320. The van der Waals surface area contributed by atoms with E-state index in [9.17, 15) is 0 Å². The molecule has 78 valence electrons. The van der Waals surface area contributed by atoms with Crippen molar-refractivity contribution < 1.29 is 0 Å². The average molecular weight is 182 g/mol. The fourth-order valence-electron chi connectivity index (χ4n) is 1.95. The number of rotatable bonds is 8. The van der Waals surface area contributed by atoms with Crippen LogP contribution in [0.1, 0.15) is 58.8 Å². The topological polar surface area (TPSA) is 0 Å². The number of hydrogen-bond acceptors (Lipinski definition) is 0. The van der Waals surface area contributed by atoms with Crippen molar-refractivity contribution >= 4 is 0 Å². The predicted octanol–water partition coefficient (Wildman–Crippen LogP) is 4.66. The van der Waals surface area contributed by atoms with Crippen molar-refractivity contribution in [3.05, 3.63) is 13.8 Å². The molecule has 0 heterocycles. The minimum atomic E-state index is 0.847. The second kappa shape index (κ2) is 8.59. The summed E-state index contributed by atoms with van der Waals surface area (Å²) in [7, 11) is 0. The van der Waals surface area contributed by atoms with Crippen LogP contribution in [0.3, 0.4) is 0 Å². The molecule has 2 atom stereocenters. The zero-order valence-corrected chi connectivity index (χ0v) is 9.52. The van der Waals surface area contributed by atoms with Gasteiger partial charge in [-0.15, -0.1) is 0 Å². The summed E-state index contributed by atoms with van der Waals surface area (Å²) in [5.74, 6) is 1.71. The normalized spacial score (nSPS) is 13.6. The summed E-state index contributed by atoms with van der Waals surface area (Å²) in [6.07, 6.45) is 8.92. The Hall–Kier alpha value is 0. The fraction of sp³-hybridized carbons (Fsp3) is 0.846. The van der Waals surface area contributed by atoms with Crippen LogP contribution in [0.25, 0.3) is 0 Å². The third-order valence-corrected chi connectivity index (χ3v) is 3.11. The maximum Gasteiger partial charge on any atom is -0.0391 e. The average Bonchev–Trinajstić information content (AvgIpc) is 2.14. The molecule has 0 rings (SSSR count). The molecule has 0 saturated carbocycles. The van der Waals surface area contributed by atoms with Gasteiger partial charge in [-0.25, -0.2) is 0 Å². The Morgan fingerprint density at radius 2 is 1.77 bits per heavy atom. The van der Waals surface area contributed by atoms with Crippen molar-refractivity contribution in [2.24, 2.45) is 11.8 Å². The first-order valence-corrected chi connectivity index (χ1v) is 5.84. The van der Waals surface area contributed by atoms with Gasteiger partial charge in [0.15, 0.2) is 0 Å². The summed E-state index contributed by atoms with van der Waals surface area (Å²) in [5, 5.41) is 0. The first kappa shape index (κ1) is 13.0. The molecule has 0 aliphatic heterocycles. The Labute approximate surface area is 85.1 Å². The Balaban J connectivity index is 3.42. The molecule has 0 N–H and O–H groups in total. The lowest BCUT2D eigenvalue weighted by Gasteiger charge is -2.20. The van der Waals surface area contributed by atoms with Crippen LogP contribution in [0.4, 0.5) is 0 Å². The molecule has 2 unspecified atom stereocenters. The van der Waals surface area contributed by atoms with E-state index in [4.69, 9.17) is 0 Å². The van der Waals surface area contributed by atoms with Crippen LogP contribution in [-0.2, 0) is 0 Å². The van der Waals surface area contributed by atoms with E-state index in [-0.39, 0.29) is 0 Å². The second-order valence-corrected chi connectivity index (χ2v) is 4.14. The highest BCUT2D eigenvalue weighted by Gasteiger charge is 2.12. The maximum absolute atomic E-state index is 4.01. The molecular formula is C13H26. The zero-order chi connectivity index (χ0) is 10.1. The minimum Gasteiger partial charge on any atom is -0.0651 e. The monoisotopic (exact) mass is 182 g/mol. The Kier molecular flexibility index (Phi) is 8.59. The van der Waals surface area contributed by atoms with Crippen molar-refractivity contribution in [1.29, 1.82) is 0 Å². The summed E-state index contributed by atoms with van der Waals surface area (Å²) in [6.45, 7) is 12.5. The highest BCUT2D eigenvalue weighted by molar-refractivity contribution is 4.66. The largest absolute Gasteiger partial charge is 0.0651 e. The van der Waals surface area contributed by atoms with Crippen LogP contribution in [-0.4, -0.2) is 0 Å². The zero-order valence-electron chi connectivity index (χ0n) is 9.52. The van der Waals surface area contributed by atoms with E-state index in [0.29, 0.717) is 0 Å². The van der Waals surface area contributed by atoms with Crippen molar-refractivity contribution in [2.75, 3.05) is 0 Å². The summed E-state index contributed by atoms with van der Waals surface area (Å²) in [6, 6.07) is 0. The Morgan fingerprint density at radius 1 is 1.08 bits per heavy atom. The smallest absolute Gasteiger partial charge is 0.0391 e. The van der Waals surface area contributed by atoms with E-state index in [1.165, 1.54) is 32.1 Å². The van der Waals surface area contributed by atoms with Gasteiger partial charge in [0, 0.05) is 0 Å². The molecule has 0 aliphatic rings. The summed E-state index contributed by atoms with van der Waals surface area (Å²) < 4.78 is 0. The molecule has 0 heteroatoms. The van der Waals surface area contributed by atoms with Crippen LogP contribution in [0, 0.1) is 25.7 Å². The molecule has 0 spiro atoms. The first-order chi connectivity index (χ1) is 6.26. The van der Waals surface area contributed by atoms with E-state index in [0.717, 1.165) is 24.7 Å². The van der Waals surface area contributed by atoms with Crippen molar-refractivity contribution in [3.63, 3.8) is 0 Å². The molecular weight excluding hydrogens is 156 g/mol. The standard InChI is InChI=1S/C13H26/c1-5-8-9-10-11-12(4)13(6-2)7-3/h12-13H,1-2,5-11H2,3-4H3. The second-order valence-electron chi connectivity index (χ2n) is 4.14. The highest BCUT2D eigenvalue weighted by Crippen LogP contribution is 2.24. The van der Waals surface area contributed by atoms with Crippen molar-refractivity contribution in [2.45, 2.75) is 58.8 Å². The van der Waals surface area contributed by atoms with Gasteiger partial charge >= 0.3 is 0 Å². The molecule has 0 bridgehead atoms.